The van der Waals surface area contributed by atoms with Gasteiger partial charge in [0.05, 0.1) is 11.1 Å². The number of thiazole rings is 1. The minimum atomic E-state index is -1.04. The molecular weight excluding hydrogens is 400 g/mol. The molecule has 3 rings (SSSR count). The van der Waals surface area contributed by atoms with E-state index >= 15 is 0 Å². The molecule has 0 saturated carbocycles. The van der Waals surface area contributed by atoms with Gasteiger partial charge in [-0.3, -0.25) is 4.79 Å². The van der Waals surface area contributed by atoms with Crippen LogP contribution in [0.1, 0.15) is 59.5 Å². The Kier molecular flexibility index (Phi) is 6.57. The predicted molar refractivity (Wildman–Crippen MR) is 108 cm³/mol. The summed E-state index contributed by atoms with van der Waals surface area (Å²) in [6.07, 6.45) is 2.17. The molecule has 1 fully saturated rings. The molecule has 0 bridgehead atoms. The van der Waals surface area contributed by atoms with E-state index in [1.807, 2.05) is 18.7 Å². The van der Waals surface area contributed by atoms with Gasteiger partial charge in [0.25, 0.3) is 0 Å². The van der Waals surface area contributed by atoms with Gasteiger partial charge in [0.15, 0.2) is 0 Å². The van der Waals surface area contributed by atoms with Gasteiger partial charge in [0.1, 0.15) is 27.9 Å². The van der Waals surface area contributed by atoms with E-state index in [1.54, 1.807) is 24.3 Å². The van der Waals surface area contributed by atoms with E-state index in [1.165, 1.54) is 0 Å². The van der Waals surface area contributed by atoms with Crippen molar-refractivity contribution in [3.8, 4) is 5.75 Å². The molecule has 6 nitrogen and oxygen atoms in total. The molecule has 1 amide bonds. The monoisotopic (exact) mass is 422 g/mol. The first-order valence-corrected chi connectivity index (χ1v) is 10.5. The van der Waals surface area contributed by atoms with Gasteiger partial charge in [-0.1, -0.05) is 37.6 Å². The number of benzene rings is 1. The van der Waals surface area contributed by atoms with Crippen molar-refractivity contribution in [3.05, 3.63) is 44.9 Å². The third kappa shape index (κ3) is 4.64. The van der Waals surface area contributed by atoms with Crippen LogP contribution >= 0.6 is 22.9 Å². The molecule has 1 N–H and O–H groups in total. The second kappa shape index (κ2) is 8.92. The van der Waals surface area contributed by atoms with Crippen molar-refractivity contribution in [1.82, 2.24) is 9.88 Å². The van der Waals surface area contributed by atoms with E-state index < -0.39 is 5.97 Å². The normalized spacial score (nSPS) is 16.6. The molecule has 0 spiro atoms. The first-order chi connectivity index (χ1) is 13.4. The van der Waals surface area contributed by atoms with Crippen LogP contribution in [0, 0.1) is 5.92 Å². The van der Waals surface area contributed by atoms with Gasteiger partial charge in [-0.05, 0) is 30.9 Å². The summed E-state index contributed by atoms with van der Waals surface area (Å²) in [5.41, 5.74) is 0.357. The Balaban J connectivity index is 1.81. The number of carboxylic acids is 1. The molecule has 150 valence electrons. The number of likely N-dealkylation sites (tertiary alicyclic amines) is 1. The van der Waals surface area contributed by atoms with Crippen LogP contribution in [0.3, 0.4) is 0 Å². The number of halogens is 1. The number of aromatic nitrogens is 1. The summed E-state index contributed by atoms with van der Waals surface area (Å²) >= 11 is 7.22. The second-order valence-electron chi connectivity index (χ2n) is 7.20. The van der Waals surface area contributed by atoms with Crippen molar-refractivity contribution in [2.24, 2.45) is 5.92 Å². The molecule has 0 unspecified atom stereocenters. The Hall–Kier alpha value is -2.12. The zero-order valence-electron chi connectivity index (χ0n) is 15.9. The molecule has 1 aromatic heterocycles. The summed E-state index contributed by atoms with van der Waals surface area (Å²) in [4.78, 5) is 30.8. The van der Waals surface area contributed by atoms with Crippen molar-refractivity contribution >= 4 is 34.8 Å². The third-order valence-corrected chi connectivity index (χ3v) is 6.05. The highest BCUT2D eigenvalue weighted by Crippen LogP contribution is 2.36. The van der Waals surface area contributed by atoms with Gasteiger partial charge in [0.2, 0.25) is 5.91 Å². The Labute approximate surface area is 173 Å². The molecule has 1 aromatic carbocycles. The quantitative estimate of drug-likeness (QED) is 0.694. The number of carbonyl (C=O) groups excluding carboxylic acids is 1. The van der Waals surface area contributed by atoms with Gasteiger partial charge in [-0.15, -0.1) is 11.3 Å². The maximum Gasteiger partial charge on any atom is 0.347 e. The van der Waals surface area contributed by atoms with Gasteiger partial charge in [-0.25, -0.2) is 9.78 Å². The van der Waals surface area contributed by atoms with Crippen LogP contribution in [0.25, 0.3) is 0 Å². The fraction of sp³-hybridized carbons (Fsp3) is 0.450. The maximum atomic E-state index is 12.6. The molecule has 1 saturated heterocycles. The number of carbonyl (C=O) groups is 2. The summed E-state index contributed by atoms with van der Waals surface area (Å²) in [7, 11) is 0. The highest BCUT2D eigenvalue weighted by atomic mass is 35.5. The molecule has 0 aliphatic carbocycles. The summed E-state index contributed by atoms with van der Waals surface area (Å²) in [6.45, 7) is 4.72. The highest BCUT2D eigenvalue weighted by molar-refractivity contribution is 7.13. The Morgan fingerprint density at radius 2 is 2.14 bits per heavy atom. The van der Waals surface area contributed by atoms with Gasteiger partial charge in [-0.2, -0.15) is 0 Å². The summed E-state index contributed by atoms with van der Waals surface area (Å²) in [6, 6.07) is 6.85. The smallest absolute Gasteiger partial charge is 0.347 e. The number of ether oxygens (including phenoxy) is 1. The van der Waals surface area contributed by atoms with Crippen LogP contribution in [-0.4, -0.2) is 33.4 Å². The molecule has 28 heavy (non-hydrogen) atoms. The fourth-order valence-electron chi connectivity index (χ4n) is 3.27. The fourth-order valence-corrected chi connectivity index (χ4v) is 4.52. The Morgan fingerprint density at radius 3 is 2.82 bits per heavy atom. The molecular formula is C20H23ClN2O4S. The van der Waals surface area contributed by atoms with Gasteiger partial charge < -0.3 is 14.7 Å². The van der Waals surface area contributed by atoms with Crippen molar-refractivity contribution in [2.45, 2.75) is 45.8 Å². The molecule has 1 atom stereocenters. The number of rotatable bonds is 7. The second-order valence-corrected chi connectivity index (χ2v) is 8.63. The van der Waals surface area contributed by atoms with E-state index in [2.05, 4.69) is 4.98 Å². The molecule has 8 heteroatoms. The Morgan fingerprint density at radius 1 is 1.39 bits per heavy atom. The standard InChI is InChI=1S/C20H23ClN2O4S/c1-12(2)10-17(24)23-9-5-7-15(23)19-22-14(18(28-19)20(25)26)11-27-16-8-4-3-6-13(16)21/h3-4,6,8,12,15H,5,7,9-11H2,1-2H3,(H,25,26)/t15-/m1/s1. The van der Waals surface area contributed by atoms with Crippen LogP contribution in [0.4, 0.5) is 0 Å². The lowest BCUT2D eigenvalue weighted by Crippen LogP contribution is -2.31. The van der Waals surface area contributed by atoms with E-state index in [0.717, 1.165) is 24.2 Å². The molecule has 2 heterocycles. The van der Waals surface area contributed by atoms with E-state index in [0.29, 0.717) is 34.4 Å². The number of carboxylic acid groups (broad SMARTS) is 1. The van der Waals surface area contributed by atoms with Crippen molar-refractivity contribution in [3.63, 3.8) is 0 Å². The SMILES string of the molecule is CC(C)CC(=O)N1CCC[C@@H]1c1nc(COc2ccccc2Cl)c(C(=O)O)s1. The third-order valence-electron chi connectivity index (χ3n) is 4.55. The number of nitrogens with zero attached hydrogens (tertiary/aromatic N) is 2. The van der Waals surface area contributed by atoms with E-state index in [4.69, 9.17) is 16.3 Å². The van der Waals surface area contributed by atoms with Gasteiger partial charge >= 0.3 is 5.97 Å². The highest BCUT2D eigenvalue weighted by Gasteiger charge is 2.33. The zero-order chi connectivity index (χ0) is 20.3. The Bertz CT molecular complexity index is 868. The molecule has 0 radical (unpaired) electrons. The topological polar surface area (TPSA) is 79.7 Å². The minimum Gasteiger partial charge on any atom is -0.486 e. The molecule has 1 aliphatic heterocycles. The van der Waals surface area contributed by atoms with Crippen LogP contribution in [-0.2, 0) is 11.4 Å². The largest absolute Gasteiger partial charge is 0.486 e. The summed E-state index contributed by atoms with van der Waals surface area (Å²) in [5.74, 6) is -0.193. The van der Waals surface area contributed by atoms with Crippen molar-refractivity contribution in [2.75, 3.05) is 6.54 Å². The number of aromatic carboxylic acids is 1. The van der Waals surface area contributed by atoms with E-state index in [9.17, 15) is 14.7 Å². The average Bonchev–Trinajstić information content (AvgIpc) is 3.27. The van der Waals surface area contributed by atoms with Crippen LogP contribution in [0.15, 0.2) is 24.3 Å². The number of hydrogen-bond donors (Lipinski definition) is 1. The van der Waals surface area contributed by atoms with E-state index in [-0.39, 0.29) is 29.4 Å². The summed E-state index contributed by atoms with van der Waals surface area (Å²) in [5, 5.41) is 10.7. The first kappa shape index (κ1) is 20.6. The lowest BCUT2D eigenvalue weighted by molar-refractivity contribution is -0.132. The number of para-hydroxylation sites is 1. The van der Waals surface area contributed by atoms with Crippen LogP contribution in [0.5, 0.6) is 5.75 Å². The lowest BCUT2D eigenvalue weighted by Gasteiger charge is -2.24. The number of hydrogen-bond acceptors (Lipinski definition) is 5. The summed E-state index contributed by atoms with van der Waals surface area (Å²) < 4.78 is 5.68. The molecule has 2 aromatic rings. The van der Waals surface area contributed by atoms with Crippen LogP contribution < -0.4 is 4.74 Å². The van der Waals surface area contributed by atoms with Gasteiger partial charge in [0, 0.05) is 13.0 Å². The van der Waals surface area contributed by atoms with Crippen molar-refractivity contribution in [1.29, 1.82) is 0 Å². The van der Waals surface area contributed by atoms with Crippen LogP contribution in [0.2, 0.25) is 5.02 Å². The van der Waals surface area contributed by atoms with Crippen molar-refractivity contribution < 1.29 is 19.4 Å². The predicted octanol–water partition coefficient (Wildman–Crippen LogP) is 4.78. The minimum absolute atomic E-state index is 0.00846. The maximum absolute atomic E-state index is 12.6. The molecule has 1 aliphatic rings. The number of amides is 1. The average molecular weight is 423 g/mol. The zero-order valence-corrected chi connectivity index (χ0v) is 17.4. The first-order valence-electron chi connectivity index (χ1n) is 9.26. The lowest BCUT2D eigenvalue weighted by atomic mass is 10.1.